The van der Waals surface area contributed by atoms with Crippen LogP contribution in [0.25, 0.3) is 0 Å². The second-order valence-electron chi connectivity index (χ2n) is 3.70. The first-order valence-corrected chi connectivity index (χ1v) is 5.88. The Bertz CT molecular complexity index is 409. The highest BCUT2D eigenvalue weighted by Crippen LogP contribution is 2.17. The molecule has 0 saturated heterocycles. The highest BCUT2D eigenvalue weighted by atomic mass is 16.5. The summed E-state index contributed by atoms with van der Waals surface area (Å²) in [6, 6.07) is 9.11. The molecule has 0 heterocycles. The lowest BCUT2D eigenvalue weighted by Gasteiger charge is -2.10. The summed E-state index contributed by atoms with van der Waals surface area (Å²) in [4.78, 5) is 11.1. The van der Waals surface area contributed by atoms with Gasteiger partial charge in [-0.2, -0.15) is 0 Å². The number of carboxylic acid groups (broad SMARTS) is 1. The third kappa shape index (κ3) is 4.59. The molecule has 0 fully saturated rings. The van der Waals surface area contributed by atoms with Crippen LogP contribution >= 0.6 is 0 Å². The van der Waals surface area contributed by atoms with Crippen LogP contribution in [0.2, 0.25) is 0 Å². The number of carboxylic acids is 1. The van der Waals surface area contributed by atoms with E-state index in [-0.39, 0.29) is 5.57 Å². The molecule has 1 N–H and O–H groups in total. The maximum Gasteiger partial charge on any atom is 0.335 e. The monoisotopic (exact) mass is 250 g/mol. The van der Waals surface area contributed by atoms with Gasteiger partial charge < -0.3 is 14.6 Å². The van der Waals surface area contributed by atoms with E-state index in [0.29, 0.717) is 31.1 Å². The lowest BCUT2D eigenvalue weighted by molar-refractivity contribution is -0.133. The molecule has 0 aliphatic heterocycles. The molecule has 1 rings (SSSR count). The molecule has 4 heteroatoms. The molecule has 0 spiro atoms. The van der Waals surface area contributed by atoms with Crippen LogP contribution in [0, 0.1) is 0 Å². The van der Waals surface area contributed by atoms with Crippen LogP contribution in [0.3, 0.4) is 0 Å². The van der Waals surface area contributed by atoms with Gasteiger partial charge in [-0.1, -0.05) is 18.2 Å². The Balaban J connectivity index is 2.74. The molecular formula is C14H18O4. The minimum Gasteiger partial charge on any atom is -0.478 e. The minimum atomic E-state index is -0.969. The Morgan fingerprint density at radius 3 is 2.50 bits per heavy atom. The van der Waals surface area contributed by atoms with E-state index in [1.807, 2.05) is 25.1 Å². The molecule has 1 aromatic carbocycles. The fraction of sp³-hybridized carbons (Fsp3) is 0.357. The molecule has 0 aliphatic rings. The number of ether oxygens (including phenoxy) is 2. The molecular weight excluding hydrogens is 232 g/mol. The van der Waals surface area contributed by atoms with E-state index in [2.05, 4.69) is 0 Å². The average Bonchev–Trinajstić information content (AvgIpc) is 2.35. The van der Waals surface area contributed by atoms with Crippen molar-refractivity contribution >= 4 is 5.97 Å². The first-order valence-electron chi connectivity index (χ1n) is 5.88. The smallest absolute Gasteiger partial charge is 0.335 e. The summed E-state index contributed by atoms with van der Waals surface area (Å²) >= 11 is 0. The van der Waals surface area contributed by atoms with Crippen molar-refractivity contribution < 1.29 is 19.4 Å². The molecule has 0 amide bonds. The Hall–Kier alpha value is -1.81. The number of hydrogen-bond acceptors (Lipinski definition) is 3. The number of allylic oxidation sites excluding steroid dienone is 1. The Morgan fingerprint density at radius 2 is 1.94 bits per heavy atom. The lowest BCUT2D eigenvalue weighted by atomic mass is 10.1. The van der Waals surface area contributed by atoms with Crippen LogP contribution in [-0.2, 0) is 9.53 Å². The molecule has 0 unspecified atom stereocenters. The zero-order chi connectivity index (χ0) is 13.4. The Labute approximate surface area is 107 Å². The predicted octanol–water partition coefficient (Wildman–Crippen LogP) is 2.85. The van der Waals surface area contributed by atoms with Gasteiger partial charge in [0.1, 0.15) is 11.5 Å². The summed E-state index contributed by atoms with van der Waals surface area (Å²) in [5.41, 5.74) is 0.243. The minimum absolute atomic E-state index is 0.243. The number of carbonyl (C=O) groups is 1. The van der Waals surface area contributed by atoms with Crippen LogP contribution < -0.4 is 4.74 Å². The summed E-state index contributed by atoms with van der Waals surface area (Å²) in [6.45, 7) is 4.49. The van der Waals surface area contributed by atoms with Gasteiger partial charge in [0, 0.05) is 13.0 Å². The van der Waals surface area contributed by atoms with Gasteiger partial charge in [0.05, 0.1) is 12.2 Å². The van der Waals surface area contributed by atoms with Crippen molar-refractivity contribution in [2.75, 3.05) is 13.2 Å². The third-order valence-corrected chi connectivity index (χ3v) is 2.40. The first-order chi connectivity index (χ1) is 8.65. The molecule has 0 atom stereocenters. The number of hydrogen-bond donors (Lipinski definition) is 1. The normalized spacial score (nSPS) is 11.9. The maximum atomic E-state index is 11.1. The molecule has 98 valence electrons. The molecule has 0 radical (unpaired) electrons. The summed E-state index contributed by atoms with van der Waals surface area (Å²) in [5.74, 6) is 0.0571. The van der Waals surface area contributed by atoms with Crippen LogP contribution in [0.4, 0.5) is 0 Å². The highest BCUT2D eigenvalue weighted by molar-refractivity contribution is 5.87. The summed E-state index contributed by atoms with van der Waals surface area (Å²) in [5, 5.41) is 9.13. The largest absolute Gasteiger partial charge is 0.478 e. The van der Waals surface area contributed by atoms with Gasteiger partial charge in [-0.3, -0.25) is 0 Å². The van der Waals surface area contributed by atoms with Gasteiger partial charge in [0.15, 0.2) is 0 Å². The van der Waals surface area contributed by atoms with Gasteiger partial charge in [-0.05, 0) is 26.0 Å². The quantitative estimate of drug-likeness (QED) is 0.459. The molecule has 18 heavy (non-hydrogen) atoms. The van der Waals surface area contributed by atoms with E-state index in [0.717, 1.165) is 0 Å². The van der Waals surface area contributed by atoms with Crippen LogP contribution in [0.5, 0.6) is 5.75 Å². The van der Waals surface area contributed by atoms with Gasteiger partial charge in [-0.15, -0.1) is 0 Å². The van der Waals surface area contributed by atoms with Crippen LogP contribution in [0.15, 0.2) is 41.7 Å². The lowest BCUT2D eigenvalue weighted by Crippen LogP contribution is -2.10. The summed E-state index contributed by atoms with van der Waals surface area (Å²) in [6.07, 6.45) is 0.335. The van der Waals surface area contributed by atoms with Crippen molar-refractivity contribution in [2.45, 2.75) is 20.3 Å². The second-order valence-corrected chi connectivity index (χ2v) is 3.70. The maximum absolute atomic E-state index is 11.1. The first kappa shape index (κ1) is 14.3. The molecule has 0 aliphatic carbocycles. The molecule has 0 aromatic heterocycles. The summed E-state index contributed by atoms with van der Waals surface area (Å²) < 4.78 is 10.7. The van der Waals surface area contributed by atoms with Gasteiger partial charge >= 0.3 is 5.97 Å². The zero-order valence-electron chi connectivity index (χ0n) is 10.7. The van der Waals surface area contributed by atoms with Gasteiger partial charge in [0.25, 0.3) is 0 Å². The average molecular weight is 250 g/mol. The molecule has 0 bridgehead atoms. The molecule has 1 aromatic rings. The fourth-order valence-electron chi connectivity index (χ4n) is 1.48. The van der Waals surface area contributed by atoms with E-state index in [1.165, 1.54) is 0 Å². The van der Waals surface area contributed by atoms with Crippen molar-refractivity contribution in [1.82, 2.24) is 0 Å². The standard InChI is InChI=1S/C14H18O4/c1-3-17-10-9-13(14(15)16)11(2)18-12-7-5-4-6-8-12/h4-8H,3,9-10H2,1-2H3,(H,15,16). The number of rotatable bonds is 7. The molecule has 0 saturated carbocycles. The topological polar surface area (TPSA) is 55.8 Å². The van der Waals surface area contributed by atoms with E-state index in [9.17, 15) is 4.79 Å². The third-order valence-electron chi connectivity index (χ3n) is 2.40. The van der Waals surface area contributed by atoms with E-state index in [4.69, 9.17) is 14.6 Å². The van der Waals surface area contributed by atoms with Crippen LogP contribution in [0.1, 0.15) is 20.3 Å². The molecule has 4 nitrogen and oxygen atoms in total. The number of benzene rings is 1. The zero-order valence-corrected chi connectivity index (χ0v) is 10.7. The van der Waals surface area contributed by atoms with Gasteiger partial charge in [-0.25, -0.2) is 4.79 Å². The summed E-state index contributed by atoms with van der Waals surface area (Å²) in [7, 11) is 0. The fourth-order valence-corrected chi connectivity index (χ4v) is 1.48. The van der Waals surface area contributed by atoms with Crippen LogP contribution in [-0.4, -0.2) is 24.3 Å². The van der Waals surface area contributed by atoms with E-state index >= 15 is 0 Å². The SMILES string of the molecule is CCOCCC(C(=O)O)=C(C)Oc1ccccc1. The Kier molecular flexibility index (Phi) is 5.94. The second kappa shape index (κ2) is 7.50. The van der Waals surface area contributed by atoms with Crippen molar-refractivity contribution in [2.24, 2.45) is 0 Å². The van der Waals surface area contributed by atoms with Crippen molar-refractivity contribution in [3.63, 3.8) is 0 Å². The Morgan fingerprint density at radius 1 is 1.28 bits per heavy atom. The van der Waals surface area contributed by atoms with Crippen molar-refractivity contribution in [1.29, 1.82) is 0 Å². The van der Waals surface area contributed by atoms with Crippen molar-refractivity contribution in [3.05, 3.63) is 41.7 Å². The van der Waals surface area contributed by atoms with Gasteiger partial charge in [0.2, 0.25) is 0 Å². The van der Waals surface area contributed by atoms with E-state index < -0.39 is 5.97 Å². The predicted molar refractivity (Wildman–Crippen MR) is 68.5 cm³/mol. The number of aliphatic carboxylic acids is 1. The van der Waals surface area contributed by atoms with Crippen molar-refractivity contribution in [3.8, 4) is 5.75 Å². The highest BCUT2D eigenvalue weighted by Gasteiger charge is 2.13. The van der Waals surface area contributed by atoms with E-state index in [1.54, 1.807) is 19.1 Å². The number of para-hydroxylation sites is 1.